The zero-order chi connectivity index (χ0) is 40.3. The Morgan fingerprint density at radius 3 is 1.64 bits per heavy atom. The minimum atomic E-state index is 1.09. The van der Waals surface area contributed by atoms with E-state index in [4.69, 9.17) is 0 Å². The van der Waals surface area contributed by atoms with E-state index in [2.05, 4.69) is 240 Å². The van der Waals surface area contributed by atoms with E-state index in [1.165, 1.54) is 86.1 Å². The summed E-state index contributed by atoms with van der Waals surface area (Å²) in [6.07, 6.45) is 0. The molecule has 286 valence electrons. The second-order valence-corrected chi connectivity index (χ2v) is 16.8. The highest BCUT2D eigenvalue weighted by atomic mass is 32.1. The first-order chi connectivity index (χ1) is 30.2. The van der Waals surface area contributed by atoms with Gasteiger partial charge in [-0.1, -0.05) is 170 Å². The third-order valence-corrected chi connectivity index (χ3v) is 13.4. The molecule has 2 aromatic heterocycles. The van der Waals surface area contributed by atoms with E-state index in [1.54, 1.807) is 0 Å². The van der Waals surface area contributed by atoms with E-state index in [-0.39, 0.29) is 0 Å². The lowest BCUT2D eigenvalue weighted by Gasteiger charge is -2.26. The summed E-state index contributed by atoms with van der Waals surface area (Å²) in [5, 5.41) is 7.78. The lowest BCUT2D eigenvalue weighted by molar-refractivity contribution is 1.18. The molecule has 2 heterocycles. The molecule has 0 fully saturated rings. The molecule has 0 atom stereocenters. The SMILES string of the molecule is c1ccc(-c2cccc(N(c3ccc(-c4ccc5c(c4)sc4c6ccccc6ccc54)cc3)c3ccc(-c4ccccc4-n4c5ccccc5c5ccccc54)cc3)c2)cc1. The van der Waals surface area contributed by atoms with Gasteiger partial charge in [0.15, 0.2) is 0 Å². The minimum Gasteiger partial charge on any atom is -0.310 e. The highest BCUT2D eigenvalue weighted by molar-refractivity contribution is 7.26. The Morgan fingerprint density at radius 1 is 0.328 bits per heavy atom. The number of hydrogen-bond donors (Lipinski definition) is 0. The van der Waals surface area contributed by atoms with Crippen LogP contribution in [0.3, 0.4) is 0 Å². The molecule has 12 rings (SSSR count). The van der Waals surface area contributed by atoms with Crippen molar-refractivity contribution in [3.63, 3.8) is 0 Å². The number of rotatable bonds is 7. The maximum absolute atomic E-state index is 2.41. The second kappa shape index (κ2) is 14.5. The summed E-state index contributed by atoms with van der Waals surface area (Å²) in [7, 11) is 0. The number of hydrogen-bond acceptors (Lipinski definition) is 2. The van der Waals surface area contributed by atoms with Crippen molar-refractivity contribution < 1.29 is 0 Å². The molecule has 3 heteroatoms. The molecular formula is C58H38N2S. The van der Waals surface area contributed by atoms with Crippen molar-refractivity contribution in [3.05, 3.63) is 231 Å². The van der Waals surface area contributed by atoms with Crippen molar-refractivity contribution in [2.24, 2.45) is 0 Å². The molecule has 0 N–H and O–H groups in total. The third-order valence-electron chi connectivity index (χ3n) is 12.2. The number of benzene rings is 10. The van der Waals surface area contributed by atoms with Crippen LogP contribution in [0.4, 0.5) is 17.1 Å². The molecule has 2 nitrogen and oxygen atoms in total. The molecule has 61 heavy (non-hydrogen) atoms. The first-order valence-corrected chi connectivity index (χ1v) is 21.6. The first kappa shape index (κ1) is 35.2. The predicted octanol–water partition coefficient (Wildman–Crippen LogP) is 16.8. The van der Waals surface area contributed by atoms with Gasteiger partial charge < -0.3 is 9.47 Å². The summed E-state index contributed by atoms with van der Waals surface area (Å²) in [6.45, 7) is 0. The number of anilines is 3. The van der Waals surface area contributed by atoms with Gasteiger partial charge in [0, 0.05) is 53.6 Å². The lowest BCUT2D eigenvalue weighted by atomic mass is 10.0. The van der Waals surface area contributed by atoms with E-state index in [0.29, 0.717) is 0 Å². The Labute approximate surface area is 358 Å². The van der Waals surface area contributed by atoms with E-state index in [0.717, 1.165) is 22.7 Å². The van der Waals surface area contributed by atoms with E-state index >= 15 is 0 Å². The number of para-hydroxylation sites is 3. The number of fused-ring (bicyclic) bond motifs is 8. The Kier molecular flexibility index (Phi) is 8.39. The van der Waals surface area contributed by atoms with Crippen LogP contribution in [-0.4, -0.2) is 4.57 Å². The van der Waals surface area contributed by atoms with Crippen LogP contribution in [0.5, 0.6) is 0 Å². The summed E-state index contributed by atoms with van der Waals surface area (Å²) in [5.74, 6) is 0. The third kappa shape index (κ3) is 6.01. The van der Waals surface area contributed by atoms with Crippen LogP contribution in [-0.2, 0) is 0 Å². The van der Waals surface area contributed by atoms with Crippen molar-refractivity contribution >= 4 is 81.1 Å². The smallest absolute Gasteiger partial charge is 0.0541 e. The van der Waals surface area contributed by atoms with E-state index in [1.807, 2.05) is 11.3 Å². The second-order valence-electron chi connectivity index (χ2n) is 15.7. The molecule has 0 spiro atoms. The van der Waals surface area contributed by atoms with Gasteiger partial charge in [0.05, 0.1) is 16.7 Å². The Balaban J connectivity index is 0.943. The van der Waals surface area contributed by atoms with Crippen molar-refractivity contribution in [2.75, 3.05) is 4.90 Å². The topological polar surface area (TPSA) is 8.17 Å². The average Bonchev–Trinajstić information content (AvgIpc) is 3.88. The van der Waals surface area contributed by atoms with Crippen LogP contribution in [0.2, 0.25) is 0 Å². The Morgan fingerprint density at radius 2 is 0.885 bits per heavy atom. The molecule has 0 saturated heterocycles. The fourth-order valence-corrected chi connectivity index (χ4v) is 10.6. The largest absolute Gasteiger partial charge is 0.310 e. The van der Waals surface area contributed by atoms with Crippen molar-refractivity contribution in [3.8, 4) is 39.1 Å². The molecule has 0 aliphatic rings. The molecule has 0 radical (unpaired) electrons. The number of thiophene rings is 1. The fraction of sp³-hybridized carbons (Fsp3) is 0. The normalized spacial score (nSPS) is 11.6. The first-order valence-electron chi connectivity index (χ1n) is 20.8. The van der Waals surface area contributed by atoms with Gasteiger partial charge >= 0.3 is 0 Å². The fourth-order valence-electron chi connectivity index (χ4n) is 9.27. The molecule has 0 saturated carbocycles. The Hall–Kier alpha value is -7.72. The predicted molar refractivity (Wildman–Crippen MR) is 262 cm³/mol. The van der Waals surface area contributed by atoms with Crippen LogP contribution in [0.15, 0.2) is 231 Å². The lowest BCUT2D eigenvalue weighted by Crippen LogP contribution is -2.10. The summed E-state index contributed by atoms with van der Waals surface area (Å²) in [5.41, 5.74) is 14.0. The van der Waals surface area contributed by atoms with Gasteiger partial charge in [-0.25, -0.2) is 0 Å². The standard InChI is InChI=1S/C58H38N2S/c1-2-13-39(14-3-1)43-16-12-17-47(37-43)59(45-31-25-40(26-32-45)44-30-35-52-53-36-29-41-15-4-5-19-49(41)58(53)61-57(52)38-44)46-33-27-42(28-34-46)48-18-6-9-22-54(48)60-55-23-10-7-20-50(55)51-21-8-11-24-56(51)60/h1-38H. The van der Waals surface area contributed by atoms with Crippen molar-refractivity contribution in [1.29, 1.82) is 0 Å². The van der Waals surface area contributed by atoms with Gasteiger partial charge in [0.1, 0.15) is 0 Å². The molecular weight excluding hydrogens is 757 g/mol. The molecule has 0 unspecified atom stereocenters. The maximum Gasteiger partial charge on any atom is 0.0541 e. The summed E-state index contributed by atoms with van der Waals surface area (Å²) in [6, 6.07) is 84.0. The monoisotopic (exact) mass is 794 g/mol. The van der Waals surface area contributed by atoms with Gasteiger partial charge in [-0.2, -0.15) is 0 Å². The van der Waals surface area contributed by atoms with Crippen LogP contribution < -0.4 is 4.90 Å². The van der Waals surface area contributed by atoms with Gasteiger partial charge in [-0.15, -0.1) is 11.3 Å². The summed E-state index contributed by atoms with van der Waals surface area (Å²) < 4.78 is 5.08. The maximum atomic E-state index is 2.41. The molecule has 0 bridgehead atoms. The number of nitrogens with zero attached hydrogens (tertiary/aromatic N) is 2. The minimum absolute atomic E-state index is 1.09. The molecule has 10 aromatic carbocycles. The van der Waals surface area contributed by atoms with Crippen LogP contribution in [0.1, 0.15) is 0 Å². The van der Waals surface area contributed by atoms with Crippen molar-refractivity contribution in [2.45, 2.75) is 0 Å². The van der Waals surface area contributed by atoms with Crippen LogP contribution in [0.25, 0.3) is 91.8 Å². The van der Waals surface area contributed by atoms with Gasteiger partial charge in [-0.05, 0) is 99.3 Å². The zero-order valence-corrected chi connectivity index (χ0v) is 34.1. The van der Waals surface area contributed by atoms with Crippen LogP contribution in [0, 0.1) is 0 Å². The molecule has 0 aliphatic heterocycles. The quantitative estimate of drug-likeness (QED) is 0.156. The Bertz CT molecular complexity index is 3520. The van der Waals surface area contributed by atoms with Crippen molar-refractivity contribution in [1.82, 2.24) is 4.57 Å². The average molecular weight is 795 g/mol. The van der Waals surface area contributed by atoms with Gasteiger partial charge in [0.2, 0.25) is 0 Å². The molecule has 0 aliphatic carbocycles. The molecule has 0 amide bonds. The highest BCUT2D eigenvalue weighted by Gasteiger charge is 2.18. The highest BCUT2D eigenvalue weighted by Crippen LogP contribution is 2.43. The zero-order valence-electron chi connectivity index (χ0n) is 33.2. The van der Waals surface area contributed by atoms with Gasteiger partial charge in [0.25, 0.3) is 0 Å². The summed E-state index contributed by atoms with van der Waals surface area (Å²) >= 11 is 1.89. The van der Waals surface area contributed by atoms with Crippen LogP contribution >= 0.6 is 11.3 Å². The van der Waals surface area contributed by atoms with E-state index in [9.17, 15) is 0 Å². The van der Waals surface area contributed by atoms with Gasteiger partial charge in [-0.3, -0.25) is 0 Å². The number of aromatic nitrogens is 1. The molecule has 12 aromatic rings. The van der Waals surface area contributed by atoms with E-state index < -0.39 is 0 Å². The summed E-state index contributed by atoms with van der Waals surface area (Å²) in [4.78, 5) is 2.37.